The zero-order valence-corrected chi connectivity index (χ0v) is 6.32. The van der Waals surface area contributed by atoms with Gasteiger partial charge in [-0.1, -0.05) is 0 Å². The third-order valence-corrected chi connectivity index (χ3v) is 1.35. The first-order chi connectivity index (χ1) is 5.24. The van der Waals surface area contributed by atoms with Crippen molar-refractivity contribution in [2.45, 2.75) is 13.5 Å². The molecule has 0 unspecified atom stereocenters. The van der Waals surface area contributed by atoms with Gasteiger partial charge in [0, 0.05) is 11.9 Å². The second-order valence-corrected chi connectivity index (χ2v) is 2.27. The summed E-state index contributed by atoms with van der Waals surface area (Å²) < 4.78 is 1.37. The first kappa shape index (κ1) is 7.94. The normalized spacial score (nSPS) is 10.0. The molecule has 0 aromatic carbocycles. The predicted octanol–water partition coefficient (Wildman–Crippen LogP) is -0.456. The molecule has 1 aromatic rings. The number of aromatic nitrogens is 2. The Morgan fingerprint density at radius 2 is 2.45 bits per heavy atom. The van der Waals surface area contributed by atoms with E-state index in [0.29, 0.717) is 12.2 Å². The van der Waals surface area contributed by atoms with Crippen molar-refractivity contribution in [1.82, 2.24) is 9.55 Å². The third-order valence-electron chi connectivity index (χ3n) is 1.35. The summed E-state index contributed by atoms with van der Waals surface area (Å²) in [5.41, 5.74) is 0.392. The Morgan fingerprint density at radius 1 is 1.73 bits per heavy atom. The van der Waals surface area contributed by atoms with Crippen LogP contribution < -0.4 is 5.69 Å². The zero-order valence-electron chi connectivity index (χ0n) is 6.32. The molecule has 0 spiro atoms. The predicted molar refractivity (Wildman–Crippen MR) is 40.3 cm³/mol. The molecule has 60 valence electrons. The first-order valence-corrected chi connectivity index (χ1v) is 3.39. The summed E-state index contributed by atoms with van der Waals surface area (Å²) in [6, 6.07) is 1.73. The molecule has 1 rings (SSSR count). The third kappa shape index (κ3) is 1.88. The minimum absolute atomic E-state index is 0.0371. The van der Waals surface area contributed by atoms with Gasteiger partial charge in [0.2, 0.25) is 0 Å². The molecule has 0 radical (unpaired) electrons. The standard InChI is InChI=1S/C7H10N2O2/c1-6-2-3-9(4-5-10)7(11)8-6/h2-3,10H,4-5H2,1H3. The first-order valence-electron chi connectivity index (χ1n) is 3.39. The maximum Gasteiger partial charge on any atom is 0.347 e. The van der Waals surface area contributed by atoms with Gasteiger partial charge in [-0.05, 0) is 13.0 Å². The number of aryl methyl sites for hydroxylation is 1. The van der Waals surface area contributed by atoms with E-state index in [1.165, 1.54) is 4.57 Å². The monoisotopic (exact) mass is 154 g/mol. The van der Waals surface area contributed by atoms with Crippen molar-refractivity contribution in [3.63, 3.8) is 0 Å². The fourth-order valence-electron chi connectivity index (χ4n) is 0.792. The summed E-state index contributed by atoms with van der Waals surface area (Å²) in [5, 5.41) is 8.53. The van der Waals surface area contributed by atoms with E-state index in [1.54, 1.807) is 19.2 Å². The summed E-state index contributed by atoms with van der Waals surface area (Å²) in [6.07, 6.45) is 1.63. The quantitative estimate of drug-likeness (QED) is 0.627. The molecule has 1 aromatic heterocycles. The summed E-state index contributed by atoms with van der Waals surface area (Å²) in [5.74, 6) is 0. The lowest BCUT2D eigenvalue weighted by Gasteiger charge is -2.00. The Labute approximate surface area is 64.1 Å². The van der Waals surface area contributed by atoms with E-state index in [2.05, 4.69) is 4.98 Å². The number of hydrogen-bond donors (Lipinski definition) is 1. The van der Waals surface area contributed by atoms with Gasteiger partial charge in [-0.15, -0.1) is 0 Å². The van der Waals surface area contributed by atoms with Crippen LogP contribution in [0.2, 0.25) is 0 Å². The minimum Gasteiger partial charge on any atom is -0.395 e. The topological polar surface area (TPSA) is 55.1 Å². The van der Waals surface area contributed by atoms with Crippen LogP contribution in [0.15, 0.2) is 17.1 Å². The van der Waals surface area contributed by atoms with Gasteiger partial charge in [0.25, 0.3) is 0 Å². The van der Waals surface area contributed by atoms with Crippen LogP contribution in [0.4, 0.5) is 0 Å². The molecule has 0 aliphatic carbocycles. The van der Waals surface area contributed by atoms with Crippen LogP contribution in [0.3, 0.4) is 0 Å². The molecule has 0 aliphatic heterocycles. The number of aliphatic hydroxyl groups excluding tert-OH is 1. The highest BCUT2D eigenvalue weighted by Crippen LogP contribution is 1.85. The fourth-order valence-corrected chi connectivity index (χ4v) is 0.792. The van der Waals surface area contributed by atoms with Gasteiger partial charge in [0.1, 0.15) is 0 Å². The van der Waals surface area contributed by atoms with Gasteiger partial charge in [-0.3, -0.25) is 4.57 Å². The summed E-state index contributed by atoms with van der Waals surface area (Å²) >= 11 is 0. The average molecular weight is 154 g/mol. The van der Waals surface area contributed by atoms with Crippen LogP contribution >= 0.6 is 0 Å². The fraction of sp³-hybridized carbons (Fsp3) is 0.429. The molecule has 0 bridgehead atoms. The van der Waals surface area contributed by atoms with E-state index in [4.69, 9.17) is 5.11 Å². The van der Waals surface area contributed by atoms with Crippen LogP contribution in [0.5, 0.6) is 0 Å². The van der Waals surface area contributed by atoms with Gasteiger partial charge in [-0.2, -0.15) is 4.98 Å². The molecule has 0 saturated carbocycles. The lowest BCUT2D eigenvalue weighted by molar-refractivity contribution is 0.273. The highest BCUT2D eigenvalue weighted by atomic mass is 16.3. The largest absolute Gasteiger partial charge is 0.395 e. The highest BCUT2D eigenvalue weighted by Gasteiger charge is 1.94. The van der Waals surface area contributed by atoms with Crippen molar-refractivity contribution in [1.29, 1.82) is 0 Å². The zero-order chi connectivity index (χ0) is 8.27. The molecule has 0 aliphatic rings. The Bertz CT molecular complexity index is 293. The number of nitrogens with zero attached hydrogens (tertiary/aromatic N) is 2. The van der Waals surface area contributed by atoms with Gasteiger partial charge in [-0.25, -0.2) is 4.79 Å². The number of hydrogen-bond acceptors (Lipinski definition) is 3. The molecule has 0 atom stereocenters. The maximum absolute atomic E-state index is 11.0. The van der Waals surface area contributed by atoms with Gasteiger partial charge >= 0.3 is 5.69 Å². The molecule has 11 heavy (non-hydrogen) atoms. The van der Waals surface area contributed by atoms with Crippen molar-refractivity contribution in [3.05, 3.63) is 28.4 Å². The van der Waals surface area contributed by atoms with Gasteiger partial charge < -0.3 is 5.11 Å². The molecule has 1 N–H and O–H groups in total. The van der Waals surface area contributed by atoms with Crippen LogP contribution in [-0.2, 0) is 6.54 Å². The van der Waals surface area contributed by atoms with E-state index < -0.39 is 0 Å². The van der Waals surface area contributed by atoms with Crippen LogP contribution in [0.25, 0.3) is 0 Å². The van der Waals surface area contributed by atoms with E-state index in [1.807, 2.05) is 0 Å². The Morgan fingerprint density at radius 3 is 3.00 bits per heavy atom. The van der Waals surface area contributed by atoms with Gasteiger partial charge in [0.05, 0.1) is 13.2 Å². The molecule has 0 amide bonds. The van der Waals surface area contributed by atoms with E-state index in [9.17, 15) is 4.79 Å². The second kappa shape index (κ2) is 3.30. The lowest BCUT2D eigenvalue weighted by atomic mass is 10.4. The minimum atomic E-state index is -0.306. The Hall–Kier alpha value is -1.16. The molecule has 4 nitrogen and oxygen atoms in total. The van der Waals surface area contributed by atoms with Crippen molar-refractivity contribution >= 4 is 0 Å². The summed E-state index contributed by atoms with van der Waals surface area (Å²) in [4.78, 5) is 14.7. The highest BCUT2D eigenvalue weighted by molar-refractivity contribution is 4.95. The summed E-state index contributed by atoms with van der Waals surface area (Å²) in [6.45, 7) is 2.03. The average Bonchev–Trinajstić information content (AvgIpc) is 1.95. The molecule has 0 saturated heterocycles. The molecule has 0 fully saturated rings. The summed E-state index contributed by atoms with van der Waals surface area (Å²) in [7, 11) is 0. The molecule has 4 heteroatoms. The van der Waals surface area contributed by atoms with E-state index in [0.717, 1.165) is 0 Å². The van der Waals surface area contributed by atoms with E-state index in [-0.39, 0.29) is 12.3 Å². The van der Waals surface area contributed by atoms with Crippen LogP contribution in [-0.4, -0.2) is 21.3 Å². The number of aliphatic hydroxyl groups is 1. The van der Waals surface area contributed by atoms with E-state index >= 15 is 0 Å². The Kier molecular flexibility index (Phi) is 2.38. The smallest absolute Gasteiger partial charge is 0.347 e. The molecule has 1 heterocycles. The molecular weight excluding hydrogens is 144 g/mol. The van der Waals surface area contributed by atoms with Crippen molar-refractivity contribution in [3.8, 4) is 0 Å². The lowest BCUT2D eigenvalue weighted by Crippen LogP contribution is -2.24. The van der Waals surface area contributed by atoms with Crippen LogP contribution in [0, 0.1) is 6.92 Å². The van der Waals surface area contributed by atoms with Crippen LogP contribution in [0.1, 0.15) is 5.69 Å². The maximum atomic E-state index is 11.0. The van der Waals surface area contributed by atoms with Crippen molar-refractivity contribution in [2.24, 2.45) is 0 Å². The second-order valence-electron chi connectivity index (χ2n) is 2.27. The van der Waals surface area contributed by atoms with Crippen molar-refractivity contribution in [2.75, 3.05) is 6.61 Å². The molecular formula is C7H10N2O2. The SMILES string of the molecule is Cc1ccn(CCO)c(=O)n1. The number of rotatable bonds is 2. The van der Waals surface area contributed by atoms with Gasteiger partial charge in [0.15, 0.2) is 0 Å². The Balaban J connectivity index is 3.00. The van der Waals surface area contributed by atoms with Crippen molar-refractivity contribution < 1.29 is 5.11 Å².